The predicted octanol–water partition coefficient (Wildman–Crippen LogP) is 2.38. The Morgan fingerprint density at radius 3 is 2.60 bits per heavy atom. The molecule has 1 saturated heterocycles. The molecular formula is C19H26N4O2. The van der Waals surface area contributed by atoms with Crippen molar-refractivity contribution in [3.63, 3.8) is 0 Å². The number of benzene rings is 1. The molecule has 0 aliphatic carbocycles. The molecule has 1 aromatic heterocycles. The van der Waals surface area contributed by atoms with Crippen molar-refractivity contribution in [2.45, 2.75) is 19.9 Å². The van der Waals surface area contributed by atoms with Crippen LogP contribution in [0.5, 0.6) is 0 Å². The van der Waals surface area contributed by atoms with E-state index in [0.29, 0.717) is 18.8 Å². The number of hydrogen-bond acceptors (Lipinski definition) is 4. The van der Waals surface area contributed by atoms with E-state index in [9.17, 15) is 4.79 Å². The van der Waals surface area contributed by atoms with Crippen LogP contribution in [0.4, 0.5) is 5.69 Å². The van der Waals surface area contributed by atoms with E-state index in [4.69, 9.17) is 4.74 Å². The van der Waals surface area contributed by atoms with Gasteiger partial charge in [-0.3, -0.25) is 4.79 Å². The van der Waals surface area contributed by atoms with Gasteiger partial charge in [-0.15, -0.1) is 0 Å². The molecule has 1 aliphatic heterocycles. The number of hydrogen-bond donors (Lipinski definition) is 1. The number of nitrogens with zero attached hydrogens (tertiary/aromatic N) is 3. The highest BCUT2D eigenvalue weighted by Gasteiger charge is 2.25. The molecule has 1 aliphatic rings. The molecule has 1 aromatic carbocycles. The van der Waals surface area contributed by atoms with Gasteiger partial charge in [0.05, 0.1) is 24.8 Å². The van der Waals surface area contributed by atoms with Gasteiger partial charge in [0.15, 0.2) is 0 Å². The Bertz CT molecular complexity index is 720. The van der Waals surface area contributed by atoms with Gasteiger partial charge in [-0.1, -0.05) is 26.0 Å². The zero-order chi connectivity index (χ0) is 17.8. The van der Waals surface area contributed by atoms with Gasteiger partial charge in [0.1, 0.15) is 5.82 Å². The number of rotatable bonds is 5. The molecule has 1 fully saturated rings. The first kappa shape index (κ1) is 17.5. The van der Waals surface area contributed by atoms with Crippen molar-refractivity contribution in [1.82, 2.24) is 14.9 Å². The quantitative estimate of drug-likeness (QED) is 0.906. The second-order valence-corrected chi connectivity index (χ2v) is 6.71. The average Bonchev–Trinajstić information content (AvgIpc) is 3.05. The summed E-state index contributed by atoms with van der Waals surface area (Å²) in [5, 5.41) is 3.18. The van der Waals surface area contributed by atoms with Crippen molar-refractivity contribution in [1.29, 1.82) is 0 Å². The van der Waals surface area contributed by atoms with Crippen molar-refractivity contribution in [3.05, 3.63) is 48.0 Å². The molecule has 0 radical (unpaired) electrons. The second-order valence-electron chi connectivity index (χ2n) is 6.71. The van der Waals surface area contributed by atoms with Gasteiger partial charge in [-0.2, -0.15) is 0 Å². The fourth-order valence-corrected chi connectivity index (χ4v) is 3.17. The molecule has 1 amide bonds. The minimum atomic E-state index is -0.134. The number of aromatic nitrogens is 2. The number of carbonyl (C=O) groups is 1. The van der Waals surface area contributed by atoms with Crippen molar-refractivity contribution in [2.75, 3.05) is 31.2 Å². The van der Waals surface area contributed by atoms with E-state index < -0.39 is 0 Å². The lowest BCUT2D eigenvalue weighted by Gasteiger charge is -2.31. The van der Waals surface area contributed by atoms with Crippen LogP contribution in [0.1, 0.15) is 36.1 Å². The van der Waals surface area contributed by atoms with Gasteiger partial charge in [-0.05, 0) is 18.1 Å². The molecule has 134 valence electrons. The molecular weight excluding hydrogens is 316 g/mol. The van der Waals surface area contributed by atoms with Crippen LogP contribution in [0.3, 0.4) is 0 Å². The van der Waals surface area contributed by atoms with E-state index in [1.807, 2.05) is 42.1 Å². The summed E-state index contributed by atoms with van der Waals surface area (Å²) in [6, 6.07) is 7.64. The van der Waals surface area contributed by atoms with E-state index >= 15 is 0 Å². The normalized spacial score (nSPS) is 16.1. The molecule has 1 N–H and O–H groups in total. The smallest absolute Gasteiger partial charge is 0.253 e. The maximum absolute atomic E-state index is 13.0. The van der Waals surface area contributed by atoms with E-state index in [1.54, 1.807) is 6.20 Å². The Balaban J connectivity index is 1.84. The zero-order valence-corrected chi connectivity index (χ0v) is 15.1. The summed E-state index contributed by atoms with van der Waals surface area (Å²) < 4.78 is 7.38. The molecule has 0 unspecified atom stereocenters. The largest absolute Gasteiger partial charge is 0.378 e. The van der Waals surface area contributed by atoms with Crippen LogP contribution in [0.25, 0.3) is 0 Å². The molecule has 2 heterocycles. The highest BCUT2D eigenvalue weighted by molar-refractivity contribution is 6.00. The number of morpholine rings is 1. The maximum Gasteiger partial charge on any atom is 0.253 e. The van der Waals surface area contributed by atoms with Crippen LogP contribution in [0.2, 0.25) is 0 Å². The Hall–Kier alpha value is -2.34. The molecule has 2 aromatic rings. The fraction of sp³-hybridized carbons (Fsp3) is 0.474. The average molecular weight is 342 g/mol. The zero-order valence-electron chi connectivity index (χ0n) is 15.1. The summed E-state index contributed by atoms with van der Waals surface area (Å²) in [6.07, 6.45) is 3.66. The third-order valence-corrected chi connectivity index (χ3v) is 4.59. The first-order chi connectivity index (χ1) is 12.1. The number of imidazole rings is 1. The van der Waals surface area contributed by atoms with Crippen LogP contribution in [-0.4, -0.2) is 41.8 Å². The first-order valence-corrected chi connectivity index (χ1v) is 8.77. The van der Waals surface area contributed by atoms with Crippen molar-refractivity contribution in [3.8, 4) is 0 Å². The summed E-state index contributed by atoms with van der Waals surface area (Å²) in [5.41, 5.74) is 1.66. The number of aryl methyl sites for hydroxylation is 1. The lowest BCUT2D eigenvalue weighted by Crippen LogP contribution is -2.39. The van der Waals surface area contributed by atoms with E-state index in [2.05, 4.69) is 29.0 Å². The Morgan fingerprint density at radius 1 is 1.24 bits per heavy atom. The summed E-state index contributed by atoms with van der Waals surface area (Å²) in [5.74, 6) is 1.04. The third kappa shape index (κ3) is 3.85. The topological polar surface area (TPSA) is 59.4 Å². The standard InChI is InChI=1S/C19H26N4O2/c1-14(2)17(18-20-8-9-22(18)3)21-19(24)15-6-4-5-7-16(15)23-10-12-25-13-11-23/h4-9,14,17H,10-13H2,1-3H3,(H,21,24)/t17-/m1/s1. The van der Waals surface area contributed by atoms with Crippen molar-refractivity contribution < 1.29 is 9.53 Å². The van der Waals surface area contributed by atoms with Crippen LogP contribution in [-0.2, 0) is 11.8 Å². The van der Waals surface area contributed by atoms with Gasteiger partial charge >= 0.3 is 0 Å². The first-order valence-electron chi connectivity index (χ1n) is 8.77. The Morgan fingerprint density at radius 2 is 1.96 bits per heavy atom. The second kappa shape index (κ2) is 7.70. The van der Waals surface area contributed by atoms with E-state index in [0.717, 1.165) is 24.6 Å². The molecule has 0 saturated carbocycles. The molecule has 25 heavy (non-hydrogen) atoms. The number of anilines is 1. The Kier molecular flexibility index (Phi) is 5.38. The highest BCUT2D eigenvalue weighted by atomic mass is 16.5. The summed E-state index contributed by atoms with van der Waals surface area (Å²) in [4.78, 5) is 19.7. The summed E-state index contributed by atoms with van der Waals surface area (Å²) in [6.45, 7) is 7.17. The molecule has 0 spiro atoms. The summed E-state index contributed by atoms with van der Waals surface area (Å²) >= 11 is 0. The lowest BCUT2D eigenvalue weighted by molar-refractivity contribution is 0.0921. The van der Waals surface area contributed by atoms with Gasteiger partial charge in [-0.25, -0.2) is 4.98 Å². The third-order valence-electron chi connectivity index (χ3n) is 4.59. The number of ether oxygens (including phenoxy) is 1. The van der Waals surface area contributed by atoms with E-state index in [1.165, 1.54) is 0 Å². The molecule has 1 atom stereocenters. The molecule has 6 heteroatoms. The number of nitrogens with one attached hydrogen (secondary N) is 1. The van der Waals surface area contributed by atoms with Crippen LogP contribution >= 0.6 is 0 Å². The van der Waals surface area contributed by atoms with E-state index in [-0.39, 0.29) is 17.9 Å². The minimum Gasteiger partial charge on any atom is -0.378 e. The molecule has 0 bridgehead atoms. The number of para-hydroxylation sites is 1. The van der Waals surface area contributed by atoms with Crippen LogP contribution < -0.4 is 10.2 Å². The predicted molar refractivity (Wildman–Crippen MR) is 97.7 cm³/mol. The van der Waals surface area contributed by atoms with Gasteiger partial charge in [0.25, 0.3) is 5.91 Å². The molecule has 3 rings (SSSR count). The maximum atomic E-state index is 13.0. The number of carbonyl (C=O) groups excluding carboxylic acids is 1. The van der Waals surface area contributed by atoms with Gasteiger partial charge < -0.3 is 19.5 Å². The van der Waals surface area contributed by atoms with Crippen LogP contribution in [0.15, 0.2) is 36.7 Å². The minimum absolute atomic E-state index is 0.0659. The monoisotopic (exact) mass is 342 g/mol. The Labute approximate surface area is 148 Å². The van der Waals surface area contributed by atoms with Gasteiger partial charge in [0.2, 0.25) is 0 Å². The van der Waals surface area contributed by atoms with Crippen LogP contribution in [0, 0.1) is 5.92 Å². The number of amides is 1. The van der Waals surface area contributed by atoms with Crippen molar-refractivity contribution in [2.24, 2.45) is 13.0 Å². The van der Waals surface area contributed by atoms with Crippen molar-refractivity contribution >= 4 is 11.6 Å². The molecule has 6 nitrogen and oxygen atoms in total. The van der Waals surface area contributed by atoms with Gasteiger partial charge in [0, 0.05) is 38.2 Å². The summed E-state index contributed by atoms with van der Waals surface area (Å²) in [7, 11) is 1.95. The highest BCUT2D eigenvalue weighted by Crippen LogP contribution is 2.24. The fourth-order valence-electron chi connectivity index (χ4n) is 3.17. The lowest BCUT2D eigenvalue weighted by atomic mass is 10.0. The SMILES string of the molecule is CC(C)[C@@H](NC(=O)c1ccccc1N1CCOCC1)c1nccn1C.